The molecule has 68 valence electrons. The van der Waals surface area contributed by atoms with Gasteiger partial charge in [-0.1, -0.05) is 0 Å². The molecule has 0 aliphatic heterocycles. The first-order valence-corrected chi connectivity index (χ1v) is 5.38. The van der Waals surface area contributed by atoms with E-state index in [9.17, 15) is 12.3 Å². The van der Waals surface area contributed by atoms with Gasteiger partial charge >= 0.3 is 9.08 Å². The van der Waals surface area contributed by atoms with Gasteiger partial charge in [-0.25, -0.2) is 12.3 Å². The van der Waals surface area contributed by atoms with E-state index in [0.717, 1.165) is 0 Å². The summed E-state index contributed by atoms with van der Waals surface area (Å²) in [5, 5.41) is 2.80. The zero-order valence-electron chi connectivity index (χ0n) is 6.25. The predicted octanol–water partition coefficient (Wildman–Crippen LogP) is 0.772. The molecular weight excluding hydrogens is 173 g/mol. The molecule has 6 heteroatoms. The Kier molecular flexibility index (Phi) is 5.52. The van der Waals surface area contributed by atoms with Crippen molar-refractivity contribution in [2.45, 2.75) is 12.5 Å². The van der Waals surface area contributed by atoms with Crippen molar-refractivity contribution in [3.05, 3.63) is 0 Å². The minimum absolute atomic E-state index is 0.190. The first kappa shape index (κ1) is 10.9. The molecule has 0 aliphatic rings. The highest BCUT2D eigenvalue weighted by Gasteiger charge is 2.35. The Labute approximate surface area is 65.5 Å². The minimum atomic E-state index is -5.29. The summed E-state index contributed by atoms with van der Waals surface area (Å²) in [6, 6.07) is -0.579. The molecule has 0 unspecified atom stereocenters. The lowest BCUT2D eigenvalue weighted by molar-refractivity contribution is 0.461. The molecule has 0 aromatic carbocycles. The van der Waals surface area contributed by atoms with E-state index in [1.54, 1.807) is 0 Å². The van der Waals surface area contributed by atoms with Crippen LogP contribution < -0.4 is 11.1 Å². The standard InChI is InChI=1S/C5H13F3N2Si/c6-11(7,8)5-1-3-10-4-2-9/h10H,1-5,9H2. The normalized spacial score (nSPS) is 12.0. The van der Waals surface area contributed by atoms with Gasteiger partial charge in [0.05, 0.1) is 0 Å². The fourth-order valence-electron chi connectivity index (χ4n) is 0.641. The molecular formula is C5H13F3N2Si. The van der Waals surface area contributed by atoms with Crippen molar-refractivity contribution in [1.82, 2.24) is 5.32 Å². The molecule has 0 atom stereocenters. The molecule has 0 heterocycles. The molecule has 0 saturated carbocycles. The first-order valence-electron chi connectivity index (χ1n) is 3.54. The summed E-state index contributed by atoms with van der Waals surface area (Å²) in [5.74, 6) is 0. The summed E-state index contributed by atoms with van der Waals surface area (Å²) in [6.07, 6.45) is 0.190. The van der Waals surface area contributed by atoms with Crippen molar-refractivity contribution in [1.29, 1.82) is 0 Å². The third-order valence-corrected chi connectivity index (χ3v) is 2.06. The van der Waals surface area contributed by atoms with Crippen molar-refractivity contribution < 1.29 is 12.3 Å². The summed E-state index contributed by atoms with van der Waals surface area (Å²) in [5.41, 5.74) is 5.12. The van der Waals surface area contributed by atoms with Gasteiger partial charge in [0.2, 0.25) is 0 Å². The van der Waals surface area contributed by atoms with E-state index in [1.165, 1.54) is 0 Å². The van der Waals surface area contributed by atoms with Crippen LogP contribution in [0.4, 0.5) is 12.3 Å². The molecule has 0 aromatic heterocycles. The van der Waals surface area contributed by atoms with Crippen LogP contribution >= 0.6 is 0 Å². The highest BCUT2D eigenvalue weighted by atomic mass is 28.5. The highest BCUT2D eigenvalue weighted by molar-refractivity contribution is 6.58. The second-order valence-corrected chi connectivity index (χ2v) is 3.99. The largest absolute Gasteiger partial charge is 0.616 e. The number of nitrogens with one attached hydrogen (secondary N) is 1. The molecule has 2 nitrogen and oxygen atoms in total. The molecule has 0 aliphatic carbocycles. The van der Waals surface area contributed by atoms with Gasteiger partial charge in [0.15, 0.2) is 0 Å². The second kappa shape index (κ2) is 5.56. The van der Waals surface area contributed by atoms with Gasteiger partial charge < -0.3 is 11.1 Å². The fourth-order valence-corrected chi connectivity index (χ4v) is 1.22. The van der Waals surface area contributed by atoms with Gasteiger partial charge in [-0.15, -0.1) is 0 Å². The van der Waals surface area contributed by atoms with E-state index in [1.807, 2.05) is 0 Å². The number of nitrogens with two attached hydrogens (primary N) is 1. The van der Waals surface area contributed by atoms with Crippen molar-refractivity contribution in [2.24, 2.45) is 5.73 Å². The zero-order chi connectivity index (χ0) is 8.74. The van der Waals surface area contributed by atoms with E-state index in [4.69, 9.17) is 5.73 Å². The molecule has 0 radical (unpaired) electrons. The topological polar surface area (TPSA) is 38.0 Å². The van der Waals surface area contributed by atoms with Gasteiger partial charge in [0.1, 0.15) is 0 Å². The average Bonchev–Trinajstić information content (AvgIpc) is 1.85. The maximum atomic E-state index is 11.7. The number of rotatable bonds is 6. The summed E-state index contributed by atoms with van der Waals surface area (Å²) < 4.78 is 35.0. The summed E-state index contributed by atoms with van der Waals surface area (Å²) in [7, 11) is -5.29. The van der Waals surface area contributed by atoms with Gasteiger partial charge in [0.25, 0.3) is 0 Å². The van der Waals surface area contributed by atoms with Gasteiger partial charge in [-0.2, -0.15) is 0 Å². The van der Waals surface area contributed by atoms with E-state index >= 15 is 0 Å². The van der Waals surface area contributed by atoms with Crippen LogP contribution in [-0.2, 0) is 0 Å². The molecule has 0 amide bonds. The molecule has 0 rings (SSSR count). The Hall–Kier alpha value is -0.0731. The Morgan fingerprint density at radius 3 is 2.27 bits per heavy atom. The molecule has 3 N–H and O–H groups in total. The number of hydrogen-bond donors (Lipinski definition) is 2. The van der Waals surface area contributed by atoms with Crippen LogP contribution in [0.1, 0.15) is 6.42 Å². The molecule has 0 saturated heterocycles. The zero-order valence-corrected chi connectivity index (χ0v) is 7.25. The summed E-state index contributed by atoms with van der Waals surface area (Å²) in [6.45, 7) is 1.49. The quantitative estimate of drug-likeness (QED) is 0.365. The summed E-state index contributed by atoms with van der Waals surface area (Å²) in [4.78, 5) is 0. The third-order valence-electron chi connectivity index (χ3n) is 1.13. The van der Waals surface area contributed by atoms with Crippen molar-refractivity contribution >= 4 is 9.08 Å². The van der Waals surface area contributed by atoms with Crippen LogP contribution in [0, 0.1) is 0 Å². The van der Waals surface area contributed by atoms with Crippen LogP contribution in [0.25, 0.3) is 0 Å². The van der Waals surface area contributed by atoms with E-state index in [-0.39, 0.29) is 6.42 Å². The second-order valence-electron chi connectivity index (χ2n) is 2.26. The Morgan fingerprint density at radius 1 is 1.18 bits per heavy atom. The lowest BCUT2D eigenvalue weighted by Gasteiger charge is -2.03. The van der Waals surface area contributed by atoms with Crippen LogP contribution in [0.3, 0.4) is 0 Å². The Balaban J connectivity index is 3.02. The lowest BCUT2D eigenvalue weighted by Crippen LogP contribution is -2.25. The minimum Gasteiger partial charge on any atom is -0.329 e. The molecule has 0 aromatic rings. The van der Waals surface area contributed by atoms with Crippen LogP contribution in [0.15, 0.2) is 0 Å². The Morgan fingerprint density at radius 2 is 1.82 bits per heavy atom. The van der Waals surface area contributed by atoms with E-state index in [2.05, 4.69) is 5.32 Å². The fraction of sp³-hybridized carbons (Fsp3) is 1.00. The summed E-state index contributed by atoms with van der Waals surface area (Å²) >= 11 is 0. The van der Waals surface area contributed by atoms with Gasteiger partial charge in [-0.05, 0) is 13.0 Å². The van der Waals surface area contributed by atoms with E-state index in [0.29, 0.717) is 19.6 Å². The SMILES string of the molecule is NCCNCCC[Si](F)(F)F. The van der Waals surface area contributed by atoms with E-state index < -0.39 is 15.1 Å². The first-order chi connectivity index (χ1) is 5.06. The Bertz CT molecular complexity index is 96.2. The van der Waals surface area contributed by atoms with Crippen LogP contribution in [0.5, 0.6) is 0 Å². The monoisotopic (exact) mass is 186 g/mol. The van der Waals surface area contributed by atoms with Crippen molar-refractivity contribution in [3.63, 3.8) is 0 Å². The van der Waals surface area contributed by atoms with Gasteiger partial charge in [-0.3, -0.25) is 0 Å². The van der Waals surface area contributed by atoms with Gasteiger partial charge in [0, 0.05) is 19.1 Å². The van der Waals surface area contributed by atoms with Crippen LogP contribution in [0.2, 0.25) is 6.04 Å². The molecule has 0 bridgehead atoms. The van der Waals surface area contributed by atoms with Crippen LogP contribution in [-0.4, -0.2) is 28.7 Å². The maximum Gasteiger partial charge on any atom is 0.616 e. The third kappa shape index (κ3) is 9.93. The van der Waals surface area contributed by atoms with Crippen molar-refractivity contribution in [3.8, 4) is 0 Å². The predicted molar refractivity (Wildman–Crippen MR) is 40.4 cm³/mol. The van der Waals surface area contributed by atoms with Crippen molar-refractivity contribution in [2.75, 3.05) is 19.6 Å². The number of hydrogen-bond acceptors (Lipinski definition) is 2. The smallest absolute Gasteiger partial charge is 0.329 e. The molecule has 0 spiro atoms. The maximum absolute atomic E-state index is 11.7. The molecule has 11 heavy (non-hydrogen) atoms. The lowest BCUT2D eigenvalue weighted by atomic mass is 10.5. The highest BCUT2D eigenvalue weighted by Crippen LogP contribution is 2.15. The molecule has 0 fully saturated rings. The average molecular weight is 186 g/mol. The number of halogens is 3.